The summed E-state index contributed by atoms with van der Waals surface area (Å²) < 4.78 is 16.9. The molecule has 2 nitrogen and oxygen atoms in total. The third-order valence-electron chi connectivity index (χ3n) is 1.59. The monoisotopic (exact) mass is 202 g/mol. The fourth-order valence-electron chi connectivity index (χ4n) is 0.910. The number of ether oxygens (including phenoxy) is 1. The van der Waals surface area contributed by atoms with E-state index in [2.05, 4.69) is 0 Å². The summed E-state index contributed by atoms with van der Waals surface area (Å²) >= 11 is 5.71. The van der Waals surface area contributed by atoms with Crippen LogP contribution in [0, 0.1) is 0 Å². The Balaban J connectivity index is 3.06. The number of benzene rings is 1. The number of carbonyl (C=O) groups excluding carboxylic acids is 1. The lowest BCUT2D eigenvalue weighted by atomic mass is 10.1. The number of alkyl halides is 1. The summed E-state index contributed by atoms with van der Waals surface area (Å²) in [6, 6.07) is 4.39. The van der Waals surface area contributed by atoms with Crippen molar-refractivity contribution in [3.63, 3.8) is 0 Å². The molecule has 0 N–H and O–H groups in total. The van der Waals surface area contributed by atoms with Crippen LogP contribution < -0.4 is 4.74 Å². The van der Waals surface area contributed by atoms with Crippen LogP contribution in [0.3, 0.4) is 0 Å². The zero-order valence-corrected chi connectivity index (χ0v) is 7.77. The van der Waals surface area contributed by atoms with E-state index in [1.807, 2.05) is 0 Å². The highest BCUT2D eigenvalue weighted by atomic mass is 35.5. The molecule has 0 aliphatic heterocycles. The van der Waals surface area contributed by atoms with Gasteiger partial charge in [0.25, 0.3) is 0 Å². The predicted octanol–water partition coefficient (Wildman–Crippen LogP) is 2.50. The molecule has 0 bridgehead atoms. The van der Waals surface area contributed by atoms with Gasteiger partial charge in [-0.15, -0.1) is 0 Å². The lowest BCUT2D eigenvalue weighted by molar-refractivity contribution is 0.0958. The van der Waals surface area contributed by atoms with Crippen molar-refractivity contribution >= 4 is 17.4 Å². The van der Waals surface area contributed by atoms with E-state index in [9.17, 15) is 9.18 Å². The van der Waals surface area contributed by atoms with E-state index in [0.29, 0.717) is 10.8 Å². The molecule has 0 spiro atoms. The van der Waals surface area contributed by atoms with E-state index >= 15 is 0 Å². The van der Waals surface area contributed by atoms with Crippen molar-refractivity contribution in [2.24, 2.45) is 0 Å². The average molecular weight is 203 g/mol. The topological polar surface area (TPSA) is 26.3 Å². The highest BCUT2D eigenvalue weighted by Gasteiger charge is 2.08. The lowest BCUT2D eigenvalue weighted by Gasteiger charge is -2.03. The Kier molecular flexibility index (Phi) is 3.25. The van der Waals surface area contributed by atoms with Crippen LogP contribution in [0.1, 0.15) is 10.4 Å². The second-order valence-corrected chi connectivity index (χ2v) is 2.81. The predicted molar refractivity (Wildman–Crippen MR) is 48.3 cm³/mol. The van der Waals surface area contributed by atoms with E-state index in [0.717, 1.165) is 0 Å². The Hall–Kier alpha value is -1.09. The number of methoxy groups -OCH3 is 1. The Morgan fingerprint density at radius 1 is 1.62 bits per heavy atom. The summed E-state index contributed by atoms with van der Waals surface area (Å²) in [7, 11) is 1.44. The van der Waals surface area contributed by atoms with Gasteiger partial charge >= 0.3 is 0 Å². The van der Waals surface area contributed by atoms with Crippen molar-refractivity contribution < 1.29 is 13.9 Å². The molecule has 0 aromatic heterocycles. The number of Topliss-reactive ketones (excluding diaryl/α,β-unsaturated/α-hetero) is 1. The van der Waals surface area contributed by atoms with Crippen molar-refractivity contribution in [2.45, 2.75) is 0 Å². The molecule has 13 heavy (non-hydrogen) atoms. The summed E-state index contributed by atoms with van der Waals surface area (Å²) in [4.78, 5) is 10.9. The van der Waals surface area contributed by atoms with Crippen LogP contribution in [0.4, 0.5) is 4.39 Å². The first kappa shape index (κ1) is 9.99. The van der Waals surface area contributed by atoms with E-state index in [4.69, 9.17) is 16.3 Å². The van der Waals surface area contributed by atoms with Crippen molar-refractivity contribution in [3.05, 3.63) is 28.8 Å². The molecule has 0 aliphatic rings. The van der Waals surface area contributed by atoms with Gasteiger partial charge in [-0.2, -0.15) is 0 Å². The van der Waals surface area contributed by atoms with Gasteiger partial charge in [-0.3, -0.25) is 4.79 Å². The Morgan fingerprint density at radius 2 is 2.31 bits per heavy atom. The molecule has 1 aromatic carbocycles. The quantitative estimate of drug-likeness (QED) is 0.704. The van der Waals surface area contributed by atoms with E-state index in [1.54, 1.807) is 0 Å². The third kappa shape index (κ3) is 2.18. The highest BCUT2D eigenvalue weighted by Crippen LogP contribution is 2.25. The second kappa shape index (κ2) is 4.23. The molecule has 0 fully saturated rings. The van der Waals surface area contributed by atoms with E-state index in [-0.39, 0.29) is 5.56 Å². The zero-order valence-electron chi connectivity index (χ0n) is 7.01. The Bertz CT molecular complexity index is 325. The smallest absolute Gasteiger partial charge is 0.193 e. The lowest BCUT2D eigenvalue weighted by Crippen LogP contribution is -2.01. The molecule has 0 unspecified atom stereocenters. The van der Waals surface area contributed by atoms with E-state index < -0.39 is 12.5 Å². The molecular formula is C9H8ClFO2. The largest absolute Gasteiger partial charge is 0.495 e. The number of carbonyl (C=O) groups is 1. The van der Waals surface area contributed by atoms with Crippen LogP contribution in [0.5, 0.6) is 5.75 Å². The first-order chi connectivity index (χ1) is 6.19. The minimum Gasteiger partial charge on any atom is -0.495 e. The van der Waals surface area contributed by atoms with Crippen LogP contribution in [-0.2, 0) is 0 Å². The van der Waals surface area contributed by atoms with E-state index in [1.165, 1.54) is 25.3 Å². The van der Waals surface area contributed by atoms with Gasteiger partial charge in [0, 0.05) is 5.56 Å². The average Bonchev–Trinajstić information content (AvgIpc) is 2.17. The molecule has 1 aromatic rings. The minimum atomic E-state index is -1.01. The molecule has 1 rings (SSSR count). The fourth-order valence-corrected chi connectivity index (χ4v) is 1.11. The summed E-state index contributed by atoms with van der Waals surface area (Å²) in [5.74, 6) is -0.198. The molecular weight excluding hydrogens is 195 g/mol. The Morgan fingerprint density at radius 3 is 2.85 bits per heavy atom. The molecule has 0 aliphatic carbocycles. The molecule has 0 saturated carbocycles. The van der Waals surface area contributed by atoms with Gasteiger partial charge < -0.3 is 4.74 Å². The molecule has 70 valence electrons. The third-order valence-corrected chi connectivity index (χ3v) is 1.91. The van der Waals surface area contributed by atoms with Crippen molar-refractivity contribution in [3.8, 4) is 5.75 Å². The maximum atomic E-state index is 12.0. The van der Waals surface area contributed by atoms with Crippen LogP contribution in [0.2, 0.25) is 5.02 Å². The molecule has 0 radical (unpaired) electrons. The van der Waals surface area contributed by atoms with Crippen LogP contribution in [0.25, 0.3) is 0 Å². The molecule has 0 atom stereocenters. The number of ketones is 1. The van der Waals surface area contributed by atoms with Gasteiger partial charge in [-0.05, 0) is 18.2 Å². The number of hydrogen-bond acceptors (Lipinski definition) is 2. The minimum absolute atomic E-state index is 0.267. The molecule has 0 heterocycles. The summed E-state index contributed by atoms with van der Waals surface area (Å²) in [5.41, 5.74) is 0.267. The second-order valence-electron chi connectivity index (χ2n) is 2.41. The molecule has 0 saturated heterocycles. The number of halogens is 2. The molecule has 4 heteroatoms. The zero-order chi connectivity index (χ0) is 9.84. The maximum Gasteiger partial charge on any atom is 0.193 e. The van der Waals surface area contributed by atoms with Gasteiger partial charge in [0.2, 0.25) is 0 Å². The Labute approximate surface area is 80.3 Å². The first-order valence-corrected chi connectivity index (χ1v) is 3.99. The van der Waals surface area contributed by atoms with Crippen molar-refractivity contribution in [1.29, 1.82) is 0 Å². The number of rotatable bonds is 3. The SMILES string of the molecule is COc1cc(C(=O)CF)ccc1Cl. The van der Waals surface area contributed by atoms with Crippen LogP contribution in [0.15, 0.2) is 18.2 Å². The fraction of sp³-hybridized carbons (Fsp3) is 0.222. The van der Waals surface area contributed by atoms with Crippen molar-refractivity contribution in [2.75, 3.05) is 13.8 Å². The van der Waals surface area contributed by atoms with Crippen LogP contribution >= 0.6 is 11.6 Å². The number of hydrogen-bond donors (Lipinski definition) is 0. The maximum absolute atomic E-state index is 12.0. The van der Waals surface area contributed by atoms with Crippen molar-refractivity contribution in [1.82, 2.24) is 0 Å². The van der Waals surface area contributed by atoms with Gasteiger partial charge in [-0.25, -0.2) is 4.39 Å². The summed E-state index contributed by atoms with van der Waals surface area (Å²) in [6.07, 6.45) is 0. The van der Waals surface area contributed by atoms with Gasteiger partial charge in [-0.1, -0.05) is 11.6 Å². The van der Waals surface area contributed by atoms with Gasteiger partial charge in [0.15, 0.2) is 12.5 Å². The summed E-state index contributed by atoms with van der Waals surface area (Å²) in [6.45, 7) is -1.01. The highest BCUT2D eigenvalue weighted by molar-refractivity contribution is 6.32. The first-order valence-electron chi connectivity index (χ1n) is 3.61. The standard InChI is InChI=1S/C9H8ClFO2/c1-13-9-4-6(8(12)5-11)2-3-7(9)10/h2-4H,5H2,1H3. The van der Waals surface area contributed by atoms with Gasteiger partial charge in [0.1, 0.15) is 5.75 Å². The normalized spacial score (nSPS) is 9.77. The summed E-state index contributed by atoms with van der Waals surface area (Å²) in [5, 5.41) is 0.401. The van der Waals surface area contributed by atoms with Gasteiger partial charge in [0.05, 0.1) is 12.1 Å². The molecule has 0 amide bonds. The van der Waals surface area contributed by atoms with Crippen LogP contribution in [-0.4, -0.2) is 19.6 Å².